The van der Waals surface area contributed by atoms with Crippen molar-refractivity contribution >= 4 is 27.5 Å². The van der Waals surface area contributed by atoms with Gasteiger partial charge in [0.2, 0.25) is 15.9 Å². The Morgan fingerprint density at radius 2 is 2.12 bits per heavy atom. The Kier molecular flexibility index (Phi) is 6.62. The molecule has 6 nitrogen and oxygen atoms in total. The Balaban J connectivity index is 1.86. The summed E-state index contributed by atoms with van der Waals surface area (Å²) in [6.45, 7) is 0.683. The number of nitrogens with one attached hydrogen (secondary N) is 1. The van der Waals surface area contributed by atoms with Crippen LogP contribution >= 0.6 is 11.6 Å². The van der Waals surface area contributed by atoms with E-state index in [1.165, 1.54) is 18.4 Å². The van der Waals surface area contributed by atoms with Gasteiger partial charge in [-0.1, -0.05) is 23.7 Å². The maximum absolute atomic E-state index is 12.1. The number of amides is 1. The summed E-state index contributed by atoms with van der Waals surface area (Å²) in [7, 11) is -0.316. The molecule has 24 heavy (non-hydrogen) atoms. The second-order valence-corrected chi connectivity index (χ2v) is 8.83. The Morgan fingerprint density at radius 3 is 2.79 bits per heavy atom. The summed E-state index contributed by atoms with van der Waals surface area (Å²) in [5.74, 6) is -0.371. The summed E-state index contributed by atoms with van der Waals surface area (Å²) < 4.78 is 30.6. The maximum Gasteiger partial charge on any atom is 0.220 e. The molecule has 1 saturated heterocycles. The highest BCUT2D eigenvalue weighted by Gasteiger charge is 2.33. The van der Waals surface area contributed by atoms with Crippen molar-refractivity contribution in [3.05, 3.63) is 34.9 Å². The Labute approximate surface area is 148 Å². The van der Waals surface area contributed by atoms with Gasteiger partial charge in [-0.2, -0.15) is 0 Å². The summed E-state index contributed by atoms with van der Waals surface area (Å²) in [5, 5.41) is 3.54. The number of hydrogen-bond donors (Lipinski definition) is 1. The highest BCUT2D eigenvalue weighted by molar-refractivity contribution is 7.89. The first-order chi connectivity index (χ1) is 11.3. The van der Waals surface area contributed by atoms with E-state index in [1.807, 2.05) is 18.2 Å². The van der Waals surface area contributed by atoms with E-state index in [-0.39, 0.29) is 23.6 Å². The van der Waals surface area contributed by atoms with Gasteiger partial charge < -0.3 is 10.1 Å². The van der Waals surface area contributed by atoms with Crippen LogP contribution in [0.15, 0.2) is 24.3 Å². The fraction of sp³-hybridized carbons (Fsp3) is 0.562. The first kappa shape index (κ1) is 19.2. The van der Waals surface area contributed by atoms with Crippen molar-refractivity contribution in [1.29, 1.82) is 0 Å². The van der Waals surface area contributed by atoms with Gasteiger partial charge in [-0.25, -0.2) is 12.7 Å². The summed E-state index contributed by atoms with van der Waals surface area (Å²) >= 11 is 5.93. The van der Waals surface area contributed by atoms with Gasteiger partial charge >= 0.3 is 0 Å². The van der Waals surface area contributed by atoms with Gasteiger partial charge in [0.25, 0.3) is 0 Å². The normalized spacial score (nSPS) is 21.2. The SMILES string of the molecule is CN(C)S(=O)(=O)C[C@@H]1COC[C@@H]1NC(=O)CCc1cccc(Cl)c1. The van der Waals surface area contributed by atoms with Crippen molar-refractivity contribution in [1.82, 2.24) is 9.62 Å². The molecular weight excluding hydrogens is 352 g/mol. The van der Waals surface area contributed by atoms with Gasteiger partial charge in [0.05, 0.1) is 25.0 Å². The summed E-state index contributed by atoms with van der Waals surface area (Å²) in [6, 6.07) is 7.12. The van der Waals surface area contributed by atoms with E-state index in [0.717, 1.165) is 5.56 Å². The third kappa shape index (κ3) is 5.44. The maximum atomic E-state index is 12.1. The third-order valence-electron chi connectivity index (χ3n) is 4.06. The van der Waals surface area contributed by atoms with Gasteiger partial charge in [-0.05, 0) is 24.1 Å². The van der Waals surface area contributed by atoms with Crippen molar-refractivity contribution < 1.29 is 17.9 Å². The van der Waals surface area contributed by atoms with Crippen LogP contribution in [0.4, 0.5) is 0 Å². The fourth-order valence-corrected chi connectivity index (χ4v) is 3.95. The summed E-state index contributed by atoms with van der Waals surface area (Å²) in [6.07, 6.45) is 0.907. The van der Waals surface area contributed by atoms with Gasteiger partial charge in [0.15, 0.2) is 0 Å². The molecule has 0 bridgehead atoms. The van der Waals surface area contributed by atoms with Crippen LogP contribution in [-0.4, -0.2) is 57.7 Å². The van der Waals surface area contributed by atoms with Gasteiger partial charge in [0.1, 0.15) is 0 Å². The zero-order valence-electron chi connectivity index (χ0n) is 13.9. The lowest BCUT2D eigenvalue weighted by Crippen LogP contribution is -2.43. The molecule has 0 aliphatic carbocycles. The number of aryl methyl sites for hydroxylation is 1. The Hall–Kier alpha value is -1.15. The van der Waals surface area contributed by atoms with Crippen LogP contribution in [0.3, 0.4) is 0 Å². The number of hydrogen-bond acceptors (Lipinski definition) is 4. The standard InChI is InChI=1S/C16H23ClN2O4S/c1-19(2)24(21,22)11-13-9-23-10-15(13)18-16(20)7-6-12-4-3-5-14(17)8-12/h3-5,8,13,15H,6-7,9-11H2,1-2H3,(H,18,20)/t13-,15-/m0/s1. The van der Waals surface area contributed by atoms with Crippen molar-refractivity contribution in [3.8, 4) is 0 Å². The number of ether oxygens (including phenoxy) is 1. The molecule has 1 N–H and O–H groups in total. The lowest BCUT2D eigenvalue weighted by molar-refractivity contribution is -0.121. The van der Waals surface area contributed by atoms with Crippen molar-refractivity contribution in [2.24, 2.45) is 5.92 Å². The average Bonchev–Trinajstić information content (AvgIpc) is 2.91. The van der Waals surface area contributed by atoms with Crippen LogP contribution in [-0.2, 0) is 26.0 Å². The highest BCUT2D eigenvalue weighted by Crippen LogP contribution is 2.18. The molecule has 8 heteroatoms. The van der Waals surface area contributed by atoms with E-state index < -0.39 is 10.0 Å². The average molecular weight is 375 g/mol. The number of sulfonamides is 1. The zero-order chi connectivity index (χ0) is 17.7. The molecule has 1 aromatic rings. The van der Waals surface area contributed by atoms with E-state index in [1.54, 1.807) is 6.07 Å². The quantitative estimate of drug-likeness (QED) is 0.780. The molecule has 1 fully saturated rings. The third-order valence-corrected chi connectivity index (χ3v) is 6.25. The minimum Gasteiger partial charge on any atom is -0.379 e. The minimum absolute atomic E-state index is 0.0285. The van der Waals surface area contributed by atoms with Gasteiger partial charge in [-0.15, -0.1) is 0 Å². The van der Waals surface area contributed by atoms with E-state index in [0.29, 0.717) is 31.1 Å². The predicted molar refractivity (Wildman–Crippen MR) is 93.5 cm³/mol. The monoisotopic (exact) mass is 374 g/mol. The number of halogens is 1. The molecule has 0 spiro atoms. The van der Waals surface area contributed by atoms with Gasteiger partial charge in [-0.3, -0.25) is 4.79 Å². The zero-order valence-corrected chi connectivity index (χ0v) is 15.4. The van der Waals surface area contributed by atoms with E-state index in [9.17, 15) is 13.2 Å². The summed E-state index contributed by atoms with van der Waals surface area (Å²) in [4.78, 5) is 12.1. The fourth-order valence-electron chi connectivity index (χ4n) is 2.57. The molecule has 2 rings (SSSR count). The van der Waals surface area contributed by atoms with Crippen LogP contribution < -0.4 is 5.32 Å². The van der Waals surface area contributed by atoms with Crippen LogP contribution in [0.2, 0.25) is 5.02 Å². The molecule has 1 heterocycles. The lowest BCUT2D eigenvalue weighted by Gasteiger charge is -2.21. The molecule has 0 aromatic heterocycles. The van der Waals surface area contributed by atoms with Gasteiger partial charge in [0, 0.05) is 31.5 Å². The Bertz CT molecular complexity index is 678. The molecule has 2 atom stereocenters. The van der Waals surface area contributed by atoms with E-state index >= 15 is 0 Å². The van der Waals surface area contributed by atoms with E-state index in [2.05, 4.69) is 5.32 Å². The Morgan fingerprint density at radius 1 is 1.38 bits per heavy atom. The predicted octanol–water partition coefficient (Wildman–Crippen LogP) is 1.30. The second kappa shape index (κ2) is 8.29. The molecule has 1 amide bonds. The number of carbonyl (C=O) groups is 1. The number of carbonyl (C=O) groups excluding carboxylic acids is 1. The van der Waals surface area contributed by atoms with Crippen LogP contribution in [0.1, 0.15) is 12.0 Å². The number of rotatable bonds is 7. The first-order valence-corrected chi connectivity index (χ1v) is 9.78. The molecule has 1 aliphatic heterocycles. The van der Waals surface area contributed by atoms with Crippen molar-refractivity contribution in [2.75, 3.05) is 33.1 Å². The smallest absolute Gasteiger partial charge is 0.220 e. The number of benzene rings is 1. The minimum atomic E-state index is -3.32. The van der Waals surface area contributed by atoms with Crippen LogP contribution in [0, 0.1) is 5.92 Å². The highest BCUT2D eigenvalue weighted by atomic mass is 35.5. The molecule has 0 radical (unpaired) electrons. The molecule has 0 unspecified atom stereocenters. The topological polar surface area (TPSA) is 75.7 Å². The lowest BCUT2D eigenvalue weighted by atomic mass is 10.1. The van der Waals surface area contributed by atoms with Crippen LogP contribution in [0.5, 0.6) is 0 Å². The van der Waals surface area contributed by atoms with Crippen LogP contribution in [0.25, 0.3) is 0 Å². The number of nitrogens with zero attached hydrogens (tertiary/aromatic N) is 1. The second-order valence-electron chi connectivity index (χ2n) is 6.16. The molecule has 1 aliphatic rings. The molecular formula is C16H23ClN2O4S. The largest absolute Gasteiger partial charge is 0.379 e. The first-order valence-electron chi connectivity index (χ1n) is 7.79. The van der Waals surface area contributed by atoms with E-state index in [4.69, 9.17) is 16.3 Å². The van der Waals surface area contributed by atoms with Crippen molar-refractivity contribution in [2.45, 2.75) is 18.9 Å². The molecule has 0 saturated carbocycles. The summed E-state index contributed by atoms with van der Waals surface area (Å²) in [5.41, 5.74) is 0.993. The van der Waals surface area contributed by atoms with Crippen molar-refractivity contribution in [3.63, 3.8) is 0 Å². The molecule has 134 valence electrons. The molecule has 1 aromatic carbocycles.